The summed E-state index contributed by atoms with van der Waals surface area (Å²) >= 11 is 0. The largest absolute Gasteiger partial charge is 0.493 e. The average Bonchev–Trinajstić information content (AvgIpc) is 2.53. The molecule has 134 valence electrons. The van der Waals surface area contributed by atoms with Gasteiger partial charge in [0.15, 0.2) is 0 Å². The van der Waals surface area contributed by atoms with Crippen LogP contribution >= 0.6 is 0 Å². The molecule has 0 aliphatic rings. The fourth-order valence-electron chi connectivity index (χ4n) is 2.29. The summed E-state index contributed by atoms with van der Waals surface area (Å²) in [6, 6.07) is 4.04. The van der Waals surface area contributed by atoms with Crippen LogP contribution < -0.4 is 14.8 Å². The molecule has 24 heavy (non-hydrogen) atoms. The maximum Gasteiger partial charge on any atom is 0.125 e. The fourth-order valence-corrected chi connectivity index (χ4v) is 2.29. The van der Waals surface area contributed by atoms with Crippen molar-refractivity contribution < 1.29 is 14.3 Å². The Kier molecular flexibility index (Phi) is 9.61. The smallest absolute Gasteiger partial charge is 0.125 e. The molecule has 0 unspecified atom stereocenters. The van der Waals surface area contributed by atoms with Gasteiger partial charge in [0, 0.05) is 6.54 Å². The second-order valence-electron chi connectivity index (χ2n) is 5.65. The summed E-state index contributed by atoms with van der Waals surface area (Å²) in [6.45, 7) is 10.9. The maximum absolute atomic E-state index is 5.94. The van der Waals surface area contributed by atoms with Gasteiger partial charge in [-0.15, -0.1) is 0 Å². The van der Waals surface area contributed by atoms with Crippen LogP contribution in [0.3, 0.4) is 0 Å². The van der Waals surface area contributed by atoms with E-state index < -0.39 is 0 Å². The Labute approximate surface area is 145 Å². The molecule has 0 aromatic heterocycles. The zero-order chi connectivity index (χ0) is 17.8. The molecule has 0 aliphatic heterocycles. The van der Waals surface area contributed by atoms with E-state index in [1.165, 1.54) is 0 Å². The van der Waals surface area contributed by atoms with Crippen molar-refractivity contribution in [1.82, 2.24) is 5.32 Å². The van der Waals surface area contributed by atoms with Crippen molar-refractivity contribution >= 4 is 5.71 Å². The number of rotatable bonds is 11. The van der Waals surface area contributed by atoms with Gasteiger partial charge >= 0.3 is 0 Å². The van der Waals surface area contributed by atoms with Crippen LogP contribution in [0.1, 0.15) is 31.4 Å². The van der Waals surface area contributed by atoms with E-state index in [0.29, 0.717) is 13.2 Å². The highest BCUT2D eigenvalue weighted by atomic mass is 16.6. The predicted octanol–water partition coefficient (Wildman–Crippen LogP) is 3.64. The Morgan fingerprint density at radius 1 is 1.21 bits per heavy atom. The minimum Gasteiger partial charge on any atom is -0.493 e. The standard InChI is InChI=1S/C19H30N2O3/c1-6-7-10-23-18-12-15(2)19(16(3)13-18)24-11-8-9-20-14-17(4)21-22-5/h6-7,12-13,20H,8-11,14H2,1-5H3/b7-6+,21-17+. The number of oxime groups is 1. The molecule has 0 radical (unpaired) electrons. The van der Waals surface area contributed by atoms with E-state index in [0.717, 1.165) is 47.8 Å². The maximum atomic E-state index is 5.94. The lowest BCUT2D eigenvalue weighted by Gasteiger charge is -2.14. The third-order valence-electron chi connectivity index (χ3n) is 3.39. The van der Waals surface area contributed by atoms with Crippen molar-refractivity contribution in [2.24, 2.45) is 5.16 Å². The van der Waals surface area contributed by atoms with Gasteiger partial charge in [0.25, 0.3) is 0 Å². The molecular weight excluding hydrogens is 304 g/mol. The van der Waals surface area contributed by atoms with E-state index in [1.807, 2.05) is 52.0 Å². The molecule has 1 aromatic rings. The van der Waals surface area contributed by atoms with Crippen LogP contribution in [-0.4, -0.2) is 39.1 Å². The van der Waals surface area contributed by atoms with Crippen molar-refractivity contribution in [3.05, 3.63) is 35.4 Å². The van der Waals surface area contributed by atoms with Gasteiger partial charge in [0.2, 0.25) is 0 Å². The SMILES string of the molecule is C/C=C/COc1cc(C)c(OCCCNC/C(C)=N/OC)c(C)c1. The lowest BCUT2D eigenvalue weighted by atomic mass is 10.1. The van der Waals surface area contributed by atoms with Crippen LogP contribution in [0.15, 0.2) is 29.4 Å². The van der Waals surface area contributed by atoms with Crippen LogP contribution in [0.2, 0.25) is 0 Å². The van der Waals surface area contributed by atoms with Gasteiger partial charge in [-0.3, -0.25) is 0 Å². The quantitative estimate of drug-likeness (QED) is 0.290. The number of hydrogen-bond acceptors (Lipinski definition) is 5. The van der Waals surface area contributed by atoms with Gasteiger partial charge in [0.1, 0.15) is 25.2 Å². The zero-order valence-corrected chi connectivity index (χ0v) is 15.5. The normalized spacial score (nSPS) is 11.8. The molecule has 0 amide bonds. The third kappa shape index (κ3) is 7.51. The van der Waals surface area contributed by atoms with Crippen molar-refractivity contribution in [3.8, 4) is 11.5 Å². The molecule has 0 fully saturated rings. The molecule has 5 heteroatoms. The molecule has 0 saturated heterocycles. The molecule has 0 aliphatic carbocycles. The fraction of sp³-hybridized carbons (Fsp3) is 0.526. The van der Waals surface area contributed by atoms with Crippen molar-refractivity contribution in [2.75, 3.05) is 33.4 Å². The Morgan fingerprint density at radius 3 is 2.54 bits per heavy atom. The first-order chi connectivity index (χ1) is 11.6. The number of nitrogens with zero attached hydrogens (tertiary/aromatic N) is 1. The van der Waals surface area contributed by atoms with Crippen LogP contribution in [0.4, 0.5) is 0 Å². The minimum absolute atomic E-state index is 0.590. The molecule has 0 atom stereocenters. The highest BCUT2D eigenvalue weighted by Crippen LogP contribution is 2.28. The van der Waals surface area contributed by atoms with Gasteiger partial charge in [-0.1, -0.05) is 17.3 Å². The topological polar surface area (TPSA) is 52.1 Å². The molecule has 0 bridgehead atoms. The number of hydrogen-bond donors (Lipinski definition) is 1. The molecule has 1 aromatic carbocycles. The third-order valence-corrected chi connectivity index (χ3v) is 3.39. The van der Waals surface area contributed by atoms with Gasteiger partial charge < -0.3 is 19.6 Å². The van der Waals surface area contributed by atoms with E-state index in [-0.39, 0.29) is 0 Å². The Bertz CT molecular complexity index is 531. The summed E-state index contributed by atoms with van der Waals surface area (Å²) in [5.41, 5.74) is 3.13. The molecule has 1 N–H and O–H groups in total. The Balaban J connectivity index is 2.38. The van der Waals surface area contributed by atoms with Crippen LogP contribution in [0, 0.1) is 13.8 Å². The lowest BCUT2D eigenvalue weighted by Crippen LogP contribution is -2.23. The van der Waals surface area contributed by atoms with E-state index in [2.05, 4.69) is 10.5 Å². The van der Waals surface area contributed by atoms with Crippen LogP contribution in [0.5, 0.6) is 11.5 Å². The van der Waals surface area contributed by atoms with Crippen LogP contribution in [0.25, 0.3) is 0 Å². The number of nitrogens with one attached hydrogen (secondary N) is 1. The van der Waals surface area contributed by atoms with Crippen molar-refractivity contribution in [1.29, 1.82) is 0 Å². The summed E-state index contributed by atoms with van der Waals surface area (Å²) in [5, 5.41) is 7.16. The predicted molar refractivity (Wildman–Crippen MR) is 99.3 cm³/mol. The number of ether oxygens (including phenoxy) is 2. The summed E-state index contributed by atoms with van der Waals surface area (Å²) in [7, 11) is 1.55. The second kappa shape index (κ2) is 11.5. The van der Waals surface area contributed by atoms with Crippen molar-refractivity contribution in [3.63, 3.8) is 0 Å². The van der Waals surface area contributed by atoms with Crippen molar-refractivity contribution in [2.45, 2.75) is 34.1 Å². The number of benzene rings is 1. The van der Waals surface area contributed by atoms with Gasteiger partial charge in [-0.05, 0) is 63.9 Å². The van der Waals surface area contributed by atoms with E-state index in [9.17, 15) is 0 Å². The zero-order valence-electron chi connectivity index (χ0n) is 15.5. The highest BCUT2D eigenvalue weighted by molar-refractivity contribution is 5.83. The first-order valence-corrected chi connectivity index (χ1v) is 8.33. The average molecular weight is 334 g/mol. The minimum atomic E-state index is 0.590. The molecule has 1 rings (SSSR count). The Morgan fingerprint density at radius 2 is 1.92 bits per heavy atom. The van der Waals surface area contributed by atoms with E-state index in [1.54, 1.807) is 7.11 Å². The molecule has 0 saturated carbocycles. The van der Waals surface area contributed by atoms with Gasteiger partial charge in [-0.25, -0.2) is 0 Å². The molecule has 5 nitrogen and oxygen atoms in total. The summed E-state index contributed by atoms with van der Waals surface area (Å²) in [4.78, 5) is 4.72. The van der Waals surface area contributed by atoms with Crippen LogP contribution in [-0.2, 0) is 4.84 Å². The highest BCUT2D eigenvalue weighted by Gasteiger charge is 2.07. The Hall–Kier alpha value is -2.01. The van der Waals surface area contributed by atoms with Gasteiger partial charge in [-0.2, -0.15) is 0 Å². The van der Waals surface area contributed by atoms with E-state index >= 15 is 0 Å². The summed E-state index contributed by atoms with van der Waals surface area (Å²) in [5.74, 6) is 1.83. The molecule has 0 spiro atoms. The second-order valence-corrected chi connectivity index (χ2v) is 5.65. The lowest BCUT2D eigenvalue weighted by molar-refractivity contribution is 0.212. The molecule has 0 heterocycles. The number of allylic oxidation sites excluding steroid dienone is 1. The summed E-state index contributed by atoms with van der Waals surface area (Å²) < 4.78 is 11.6. The first kappa shape index (κ1) is 20.0. The van der Waals surface area contributed by atoms with Gasteiger partial charge in [0.05, 0.1) is 12.3 Å². The monoisotopic (exact) mass is 334 g/mol. The van der Waals surface area contributed by atoms with E-state index in [4.69, 9.17) is 14.3 Å². The molecular formula is C19H30N2O3. The first-order valence-electron chi connectivity index (χ1n) is 8.33. The number of aryl methyl sites for hydroxylation is 2. The summed E-state index contributed by atoms with van der Waals surface area (Å²) in [6.07, 6.45) is 4.90.